The molecule has 1 saturated heterocycles. The molecule has 11 nitrogen and oxygen atoms in total. The Morgan fingerprint density at radius 1 is 1.09 bits per heavy atom. The number of likely N-dealkylation sites (tertiary alicyclic amines) is 1. The Morgan fingerprint density at radius 3 is 2.49 bits per heavy atom. The molecule has 5 fully saturated rings. The molecule has 258 valence electrons. The van der Waals surface area contributed by atoms with Gasteiger partial charge in [-0.3, -0.25) is 14.5 Å². The first-order chi connectivity index (χ1) is 22.1. The molecular weight excluding hydrogens is 606 g/mol. The molecule has 3 unspecified atom stereocenters. The fourth-order valence-corrected chi connectivity index (χ4v) is 10.4. The summed E-state index contributed by atoms with van der Waals surface area (Å²) in [4.78, 5) is 38.5. The fourth-order valence-electron chi connectivity index (χ4n) is 10.4. The first kappa shape index (κ1) is 32.6. The van der Waals surface area contributed by atoms with Gasteiger partial charge in [0.1, 0.15) is 11.7 Å². The average Bonchev–Trinajstić information content (AvgIpc) is 3.74. The summed E-state index contributed by atoms with van der Waals surface area (Å²) in [5, 5.41) is 21.2. The number of piperidine rings is 1. The molecule has 2 aliphatic heterocycles. The van der Waals surface area contributed by atoms with Gasteiger partial charge in [-0.15, -0.1) is 0 Å². The molecule has 8 atom stereocenters. The molecule has 47 heavy (non-hydrogen) atoms. The molecule has 2 spiro atoms. The number of carbonyl (C=O) groups excluding carboxylic acids is 2. The lowest BCUT2D eigenvalue weighted by Crippen LogP contribution is -2.83. The van der Waals surface area contributed by atoms with Crippen LogP contribution in [-0.2, 0) is 35.6 Å². The van der Waals surface area contributed by atoms with Gasteiger partial charge in [0.15, 0.2) is 11.5 Å². The summed E-state index contributed by atoms with van der Waals surface area (Å²) >= 11 is 0. The maximum absolute atomic E-state index is 13.0. The van der Waals surface area contributed by atoms with E-state index in [1.54, 1.807) is 13.2 Å². The second-order valence-corrected chi connectivity index (χ2v) is 16.2. The zero-order valence-corrected chi connectivity index (χ0v) is 28.4. The number of esters is 1. The van der Waals surface area contributed by atoms with E-state index in [9.17, 15) is 19.5 Å². The van der Waals surface area contributed by atoms with Crippen molar-refractivity contribution < 1.29 is 48.3 Å². The van der Waals surface area contributed by atoms with Crippen LogP contribution >= 0.6 is 0 Å². The average molecular weight is 656 g/mol. The number of carbonyl (C=O) groups is 3. The lowest BCUT2D eigenvalue weighted by Gasteiger charge is -2.75. The zero-order valence-electron chi connectivity index (χ0n) is 28.4. The minimum Gasteiger partial charge on any atom is -0.482 e. The van der Waals surface area contributed by atoms with Gasteiger partial charge in [0.05, 0.1) is 18.4 Å². The smallest absolute Gasteiger partial charge is 0.482 e. The van der Waals surface area contributed by atoms with E-state index in [1.807, 2.05) is 6.92 Å². The Labute approximate surface area is 276 Å². The van der Waals surface area contributed by atoms with Crippen LogP contribution in [0, 0.1) is 22.7 Å². The number of methoxy groups -OCH3 is 1. The number of hydrogen-bond donors (Lipinski definition) is 2. The first-order valence-corrected chi connectivity index (χ1v) is 17.2. The highest BCUT2D eigenvalue weighted by atomic mass is 16.8. The number of carboxylic acid groups (broad SMARTS) is 1. The summed E-state index contributed by atoms with van der Waals surface area (Å²) in [6.07, 6.45) is 3.48. The maximum Gasteiger partial charge on any atom is 0.517 e. The van der Waals surface area contributed by atoms with Crippen LogP contribution in [0.25, 0.3) is 0 Å². The zero-order chi connectivity index (χ0) is 33.7. The number of hydrogen-bond acceptors (Lipinski definition) is 10. The molecule has 7 aliphatic rings. The molecule has 2 heterocycles. The number of fused-ring (bicyclic) bond motifs is 2. The summed E-state index contributed by atoms with van der Waals surface area (Å²) in [7, 11) is 1.75. The summed E-state index contributed by atoms with van der Waals surface area (Å²) in [6.45, 7) is 11.7. The third kappa shape index (κ3) is 4.65. The van der Waals surface area contributed by atoms with Crippen LogP contribution in [0.1, 0.15) is 97.1 Å². The quantitative estimate of drug-likeness (QED) is 0.200. The van der Waals surface area contributed by atoms with E-state index >= 15 is 0 Å². The van der Waals surface area contributed by atoms with E-state index in [0.29, 0.717) is 11.8 Å². The predicted octanol–water partition coefficient (Wildman–Crippen LogP) is 4.98. The Morgan fingerprint density at radius 2 is 1.83 bits per heavy atom. The highest BCUT2D eigenvalue weighted by Crippen LogP contribution is 2.78. The topological polar surface area (TPSA) is 141 Å². The van der Waals surface area contributed by atoms with Crippen molar-refractivity contribution in [1.82, 2.24) is 4.90 Å². The molecule has 0 radical (unpaired) electrons. The van der Waals surface area contributed by atoms with Gasteiger partial charge in [-0.05, 0) is 81.4 Å². The number of benzene rings is 1. The second-order valence-electron chi connectivity index (χ2n) is 16.2. The van der Waals surface area contributed by atoms with Crippen LogP contribution in [0.4, 0.5) is 4.79 Å². The minimum absolute atomic E-state index is 0.152. The van der Waals surface area contributed by atoms with E-state index in [4.69, 9.17) is 28.8 Å². The highest BCUT2D eigenvalue weighted by molar-refractivity contribution is 5.76. The van der Waals surface area contributed by atoms with Gasteiger partial charge < -0.3 is 33.9 Å². The molecule has 4 bridgehead atoms. The van der Waals surface area contributed by atoms with Gasteiger partial charge >= 0.3 is 18.1 Å². The van der Waals surface area contributed by atoms with E-state index < -0.39 is 41.0 Å². The predicted molar refractivity (Wildman–Crippen MR) is 168 cm³/mol. The maximum atomic E-state index is 13.0. The van der Waals surface area contributed by atoms with Crippen molar-refractivity contribution in [3.8, 4) is 11.5 Å². The number of aliphatic carboxylic acids is 1. The molecule has 5 aliphatic carbocycles. The third-order valence-corrected chi connectivity index (χ3v) is 13.1. The lowest BCUT2D eigenvalue weighted by atomic mass is 9.33. The van der Waals surface area contributed by atoms with Crippen LogP contribution in [0.5, 0.6) is 11.5 Å². The second kappa shape index (κ2) is 10.8. The van der Waals surface area contributed by atoms with Crippen LogP contribution in [0.2, 0.25) is 0 Å². The van der Waals surface area contributed by atoms with Crippen molar-refractivity contribution in [2.45, 2.75) is 127 Å². The largest absolute Gasteiger partial charge is 0.517 e. The van der Waals surface area contributed by atoms with E-state index in [-0.39, 0.29) is 41.4 Å². The summed E-state index contributed by atoms with van der Waals surface area (Å²) in [6, 6.07) is 4.12. The van der Waals surface area contributed by atoms with E-state index in [2.05, 4.69) is 31.7 Å². The van der Waals surface area contributed by atoms with Gasteiger partial charge in [0.2, 0.25) is 6.29 Å². The summed E-state index contributed by atoms with van der Waals surface area (Å²) in [5.74, 6) is -0.571. The standard InChI is InChI=1S/C36H49NO10/c1-20(44-27(40)12-11-26(38)39)45-31(41)46-23-10-9-22-17-25-34-13-14-36(43-6,24(18-34)33(5,42)32(2,3)4)30-35(34,28(22)29(23)47-30)15-16-37(25)19-21-7-8-21/h9-10,20-21,24-25,30,42H,7-8,11-19H2,1-6H3,(H,38,39)/t20?,24-,25?,30-,33?,34-,35+,36-/m1/s1. The van der Waals surface area contributed by atoms with Crippen LogP contribution in [0.15, 0.2) is 12.1 Å². The lowest BCUT2D eigenvalue weighted by molar-refractivity contribution is -0.312. The van der Waals surface area contributed by atoms with E-state index in [0.717, 1.165) is 56.7 Å². The van der Waals surface area contributed by atoms with Gasteiger partial charge in [0.25, 0.3) is 0 Å². The molecule has 0 amide bonds. The summed E-state index contributed by atoms with van der Waals surface area (Å²) < 4.78 is 29.8. The molecule has 1 aromatic carbocycles. The molecule has 4 saturated carbocycles. The number of ether oxygens (including phenoxy) is 5. The van der Waals surface area contributed by atoms with Gasteiger partial charge in [0, 0.05) is 48.9 Å². The molecular formula is C36H49NO10. The molecule has 8 rings (SSSR count). The van der Waals surface area contributed by atoms with E-state index in [1.165, 1.54) is 25.3 Å². The van der Waals surface area contributed by atoms with Gasteiger partial charge in [-0.2, -0.15) is 0 Å². The van der Waals surface area contributed by atoms with Crippen molar-refractivity contribution >= 4 is 18.1 Å². The number of carboxylic acids is 1. The van der Waals surface area contributed by atoms with Crippen LogP contribution < -0.4 is 9.47 Å². The molecule has 2 N–H and O–H groups in total. The fraction of sp³-hybridized carbons (Fsp3) is 0.750. The molecule has 1 aromatic rings. The Kier molecular flexibility index (Phi) is 7.51. The normalized spacial score (nSPS) is 35.3. The molecule has 11 heteroatoms. The Hall–Kier alpha value is -2.89. The number of rotatable bonds is 10. The van der Waals surface area contributed by atoms with Gasteiger partial charge in [-0.1, -0.05) is 26.8 Å². The summed E-state index contributed by atoms with van der Waals surface area (Å²) in [5.41, 5.74) is -0.420. The first-order valence-electron chi connectivity index (χ1n) is 17.2. The monoisotopic (exact) mass is 655 g/mol. The van der Waals surface area contributed by atoms with Crippen molar-refractivity contribution in [1.29, 1.82) is 0 Å². The third-order valence-electron chi connectivity index (χ3n) is 13.1. The Bertz CT molecular complexity index is 1480. The van der Waals surface area contributed by atoms with Crippen molar-refractivity contribution in [3.63, 3.8) is 0 Å². The number of nitrogens with zero attached hydrogens (tertiary/aromatic N) is 1. The van der Waals surface area contributed by atoms with Crippen molar-refractivity contribution in [2.75, 3.05) is 20.2 Å². The van der Waals surface area contributed by atoms with Crippen LogP contribution in [0.3, 0.4) is 0 Å². The molecule has 0 aromatic heterocycles. The Balaban J connectivity index is 1.26. The van der Waals surface area contributed by atoms with Gasteiger partial charge in [-0.25, -0.2) is 4.79 Å². The van der Waals surface area contributed by atoms with Crippen molar-refractivity contribution in [2.24, 2.45) is 22.7 Å². The SMILES string of the molecule is CO[C@]12CC[C@@]3(C[C@@H]1C(C)(O)C(C)(C)C)C1Cc4ccc(OC(=O)OC(C)OC(=O)CCC(=O)O)c5c4[C@@]3(CCN1CC1CC1)[C@H]2O5. The number of aliphatic hydroxyl groups is 1. The van der Waals surface area contributed by atoms with Crippen LogP contribution in [-0.4, -0.2) is 83.0 Å². The van der Waals surface area contributed by atoms with Crippen molar-refractivity contribution in [3.05, 3.63) is 23.3 Å². The minimum atomic E-state index is -1.27. The highest BCUT2D eigenvalue weighted by Gasteiger charge is 2.82.